The second kappa shape index (κ2) is 8.14. The van der Waals surface area contributed by atoms with Crippen molar-refractivity contribution in [2.45, 2.75) is 44.2 Å². The Labute approximate surface area is 117 Å². The summed E-state index contributed by atoms with van der Waals surface area (Å²) in [6, 6.07) is -0.411. The highest BCUT2D eigenvalue weighted by Gasteiger charge is 2.36. The molecule has 0 saturated heterocycles. The van der Waals surface area contributed by atoms with Gasteiger partial charge >= 0.3 is 0 Å². The van der Waals surface area contributed by atoms with Crippen LogP contribution in [0.5, 0.6) is 0 Å². The molecule has 1 atom stereocenters. The lowest BCUT2D eigenvalue weighted by molar-refractivity contribution is -0.122. The van der Waals surface area contributed by atoms with Crippen molar-refractivity contribution in [3.63, 3.8) is 0 Å². The van der Waals surface area contributed by atoms with E-state index in [1.165, 1.54) is 25.7 Å². The second-order valence-corrected chi connectivity index (χ2v) is 4.83. The monoisotopic (exact) mass is 285 g/mol. The number of nitrogens with zero attached hydrogens (tertiary/aromatic N) is 1. The minimum atomic E-state index is -0.411. The largest absolute Gasteiger partial charge is 0.353 e. The van der Waals surface area contributed by atoms with Gasteiger partial charge in [-0.05, 0) is 33.9 Å². The summed E-state index contributed by atoms with van der Waals surface area (Å²) in [5.41, 5.74) is 5.67. The average molecular weight is 286 g/mol. The first kappa shape index (κ1) is 19.3. The number of carbonyl (C=O) groups is 1. The van der Waals surface area contributed by atoms with Crippen LogP contribution in [0.1, 0.15) is 32.6 Å². The first-order chi connectivity index (χ1) is 6.98. The molecule has 0 heterocycles. The Morgan fingerprint density at radius 3 is 2.18 bits per heavy atom. The first-order valence-electron chi connectivity index (χ1n) is 5.69. The molecule has 6 heteroatoms. The van der Waals surface area contributed by atoms with Gasteiger partial charge in [-0.1, -0.05) is 12.8 Å². The summed E-state index contributed by atoms with van der Waals surface area (Å²) in [5.74, 6) is -0.0527. The number of amides is 1. The van der Waals surface area contributed by atoms with E-state index >= 15 is 0 Å². The van der Waals surface area contributed by atoms with Gasteiger partial charge < -0.3 is 16.0 Å². The summed E-state index contributed by atoms with van der Waals surface area (Å²) in [7, 11) is 4.17. The molecule has 1 fully saturated rings. The van der Waals surface area contributed by atoms with Gasteiger partial charge in [0.15, 0.2) is 0 Å². The molecule has 0 aromatic carbocycles. The van der Waals surface area contributed by atoms with Crippen molar-refractivity contribution in [3.05, 3.63) is 0 Å². The van der Waals surface area contributed by atoms with Crippen LogP contribution in [-0.4, -0.2) is 43.0 Å². The summed E-state index contributed by atoms with van der Waals surface area (Å²) in [4.78, 5) is 13.6. The zero-order chi connectivity index (χ0) is 11.5. The van der Waals surface area contributed by atoms with Gasteiger partial charge in [0.2, 0.25) is 5.91 Å². The summed E-state index contributed by atoms with van der Waals surface area (Å²) >= 11 is 0. The molecule has 104 valence electrons. The van der Waals surface area contributed by atoms with E-state index in [1.54, 1.807) is 6.92 Å². The highest BCUT2D eigenvalue weighted by Crippen LogP contribution is 2.32. The van der Waals surface area contributed by atoms with Crippen LogP contribution in [0.15, 0.2) is 0 Å². The highest BCUT2D eigenvalue weighted by atomic mass is 35.5. The Morgan fingerprint density at radius 1 is 1.35 bits per heavy atom. The molecule has 0 bridgehead atoms. The molecule has 1 amide bonds. The van der Waals surface area contributed by atoms with Gasteiger partial charge in [-0.2, -0.15) is 0 Å². The van der Waals surface area contributed by atoms with E-state index in [0.29, 0.717) is 0 Å². The van der Waals surface area contributed by atoms with Crippen molar-refractivity contribution >= 4 is 30.7 Å². The number of rotatable bonds is 4. The van der Waals surface area contributed by atoms with Crippen LogP contribution in [0.3, 0.4) is 0 Å². The molecule has 0 aliphatic heterocycles. The Balaban J connectivity index is 0. The SMILES string of the molecule is C[C@H](N)C(=O)NCC1(N(C)C)CCCC1.Cl.Cl. The van der Waals surface area contributed by atoms with Crippen molar-refractivity contribution in [1.29, 1.82) is 0 Å². The van der Waals surface area contributed by atoms with Gasteiger partial charge in [-0.15, -0.1) is 24.8 Å². The van der Waals surface area contributed by atoms with Gasteiger partial charge in [-0.3, -0.25) is 4.79 Å². The number of carbonyl (C=O) groups excluding carboxylic acids is 1. The van der Waals surface area contributed by atoms with E-state index in [2.05, 4.69) is 24.3 Å². The number of nitrogens with two attached hydrogens (primary N) is 1. The molecule has 0 unspecified atom stereocenters. The molecule has 0 spiro atoms. The molecule has 1 aliphatic rings. The van der Waals surface area contributed by atoms with Crippen LogP contribution in [0.2, 0.25) is 0 Å². The van der Waals surface area contributed by atoms with Crippen LogP contribution in [0.25, 0.3) is 0 Å². The quantitative estimate of drug-likeness (QED) is 0.815. The number of likely N-dealkylation sites (N-methyl/N-ethyl adjacent to an activating group) is 1. The molecule has 4 nitrogen and oxygen atoms in total. The predicted octanol–water partition coefficient (Wildman–Crippen LogP) is 1.17. The molecule has 1 rings (SSSR count). The van der Waals surface area contributed by atoms with E-state index in [1.807, 2.05) is 0 Å². The summed E-state index contributed by atoms with van der Waals surface area (Å²) in [6.45, 7) is 2.44. The standard InChI is InChI=1S/C11H23N3O.2ClH/c1-9(12)10(15)13-8-11(14(2)3)6-4-5-7-11;;/h9H,4-8,12H2,1-3H3,(H,13,15);2*1H/t9-;;/m0../s1. The topological polar surface area (TPSA) is 58.4 Å². The van der Waals surface area contributed by atoms with Crippen LogP contribution in [0, 0.1) is 0 Å². The van der Waals surface area contributed by atoms with Crippen LogP contribution in [0.4, 0.5) is 0 Å². The fourth-order valence-electron chi connectivity index (χ4n) is 2.23. The van der Waals surface area contributed by atoms with E-state index in [-0.39, 0.29) is 36.3 Å². The van der Waals surface area contributed by atoms with Crippen molar-refractivity contribution < 1.29 is 4.79 Å². The third-order valence-corrected chi connectivity index (χ3v) is 3.49. The van der Waals surface area contributed by atoms with Crippen LogP contribution < -0.4 is 11.1 Å². The van der Waals surface area contributed by atoms with Crippen molar-refractivity contribution in [2.24, 2.45) is 5.73 Å². The second-order valence-electron chi connectivity index (χ2n) is 4.83. The Morgan fingerprint density at radius 2 is 1.82 bits per heavy atom. The molecular weight excluding hydrogens is 261 g/mol. The molecule has 0 radical (unpaired) electrons. The zero-order valence-corrected chi connectivity index (χ0v) is 12.5. The lowest BCUT2D eigenvalue weighted by Gasteiger charge is -2.36. The molecule has 1 saturated carbocycles. The maximum Gasteiger partial charge on any atom is 0.236 e. The molecular formula is C11H25Cl2N3O. The fourth-order valence-corrected chi connectivity index (χ4v) is 2.23. The van der Waals surface area contributed by atoms with Crippen LogP contribution in [-0.2, 0) is 4.79 Å². The minimum Gasteiger partial charge on any atom is -0.353 e. The van der Waals surface area contributed by atoms with Gasteiger partial charge in [0.05, 0.1) is 6.04 Å². The van der Waals surface area contributed by atoms with Gasteiger partial charge in [0.1, 0.15) is 0 Å². The number of halogens is 2. The minimum absolute atomic E-state index is 0. The Hall–Kier alpha value is -0.0300. The van der Waals surface area contributed by atoms with Gasteiger partial charge in [0, 0.05) is 12.1 Å². The van der Waals surface area contributed by atoms with E-state index < -0.39 is 6.04 Å². The number of hydrogen-bond acceptors (Lipinski definition) is 3. The van der Waals surface area contributed by atoms with E-state index in [4.69, 9.17) is 5.73 Å². The number of nitrogens with one attached hydrogen (secondary N) is 1. The van der Waals surface area contributed by atoms with Crippen molar-refractivity contribution in [2.75, 3.05) is 20.6 Å². The predicted molar refractivity (Wildman–Crippen MR) is 76.0 cm³/mol. The smallest absolute Gasteiger partial charge is 0.236 e. The molecule has 17 heavy (non-hydrogen) atoms. The Kier molecular flexibility index (Phi) is 9.25. The zero-order valence-electron chi connectivity index (χ0n) is 10.9. The third kappa shape index (κ3) is 5.00. The van der Waals surface area contributed by atoms with Crippen molar-refractivity contribution in [1.82, 2.24) is 10.2 Å². The molecule has 0 aromatic heterocycles. The summed E-state index contributed by atoms with van der Waals surface area (Å²) in [5, 5.41) is 2.94. The van der Waals surface area contributed by atoms with E-state index in [9.17, 15) is 4.79 Å². The Bertz CT molecular complexity index is 229. The normalized spacial score (nSPS) is 19.1. The summed E-state index contributed by atoms with van der Waals surface area (Å²) in [6.07, 6.45) is 4.84. The first-order valence-corrected chi connectivity index (χ1v) is 5.69. The summed E-state index contributed by atoms with van der Waals surface area (Å²) < 4.78 is 0. The fraction of sp³-hybridized carbons (Fsp3) is 0.909. The molecule has 1 aliphatic carbocycles. The average Bonchev–Trinajstić information content (AvgIpc) is 2.63. The maximum absolute atomic E-state index is 11.4. The lowest BCUT2D eigenvalue weighted by atomic mass is 9.96. The number of hydrogen-bond donors (Lipinski definition) is 2. The molecule has 3 N–H and O–H groups in total. The maximum atomic E-state index is 11.4. The van der Waals surface area contributed by atoms with Gasteiger partial charge in [0.25, 0.3) is 0 Å². The van der Waals surface area contributed by atoms with Crippen LogP contribution >= 0.6 is 24.8 Å². The highest BCUT2D eigenvalue weighted by molar-refractivity contribution is 5.85. The third-order valence-electron chi connectivity index (χ3n) is 3.49. The molecule has 0 aromatic rings. The lowest BCUT2D eigenvalue weighted by Crippen LogP contribution is -2.52. The van der Waals surface area contributed by atoms with E-state index in [0.717, 1.165) is 6.54 Å². The van der Waals surface area contributed by atoms with Crippen molar-refractivity contribution in [3.8, 4) is 0 Å². The van der Waals surface area contributed by atoms with Gasteiger partial charge in [-0.25, -0.2) is 0 Å².